The summed E-state index contributed by atoms with van der Waals surface area (Å²) in [7, 11) is -3.72. The van der Waals surface area contributed by atoms with Gasteiger partial charge in [0.2, 0.25) is 26.0 Å². The molecule has 1 amide bonds. The minimum Gasteiger partial charge on any atom is -0.451 e. The van der Waals surface area contributed by atoms with E-state index in [1.165, 1.54) is 31.3 Å². The van der Waals surface area contributed by atoms with Gasteiger partial charge < -0.3 is 15.0 Å². The number of hydrogen-bond acceptors (Lipinski definition) is 7. The van der Waals surface area contributed by atoms with Crippen molar-refractivity contribution in [1.82, 2.24) is 18.8 Å². The van der Waals surface area contributed by atoms with Crippen LogP contribution in [0, 0.1) is 11.6 Å². The average molecular weight is 581 g/mol. The number of nitrogens with zero attached hydrogens (tertiary/aromatic N) is 3. The Morgan fingerprint density at radius 3 is 2.24 bits per heavy atom. The van der Waals surface area contributed by atoms with Crippen molar-refractivity contribution in [2.75, 3.05) is 53.1 Å². The topological polar surface area (TPSA) is 116 Å². The zero-order chi connectivity index (χ0) is 27.5. The van der Waals surface area contributed by atoms with E-state index in [1.54, 1.807) is 19.0 Å². The molecule has 0 unspecified atom stereocenters. The Balaban J connectivity index is 1.90. The third kappa shape index (κ3) is 6.75. The second-order valence-corrected chi connectivity index (χ2v) is 12.9. The first-order valence-corrected chi connectivity index (χ1v) is 14.5. The predicted octanol–water partition coefficient (Wildman–Crippen LogP) is 1.72. The maximum atomic E-state index is 14.8. The van der Waals surface area contributed by atoms with Gasteiger partial charge in [0.15, 0.2) is 17.4 Å². The Bertz CT molecular complexity index is 1330. The summed E-state index contributed by atoms with van der Waals surface area (Å²) in [6, 6.07) is 5.39. The van der Waals surface area contributed by atoms with Gasteiger partial charge in [-0.2, -0.15) is 8.61 Å². The third-order valence-corrected chi connectivity index (χ3v) is 9.60. The zero-order valence-electron chi connectivity index (χ0n) is 20.3. The van der Waals surface area contributed by atoms with Gasteiger partial charge in [0.05, 0.1) is 10.6 Å². The maximum Gasteiger partial charge on any atom is 0.244 e. The largest absolute Gasteiger partial charge is 0.451 e. The Morgan fingerprint density at radius 2 is 1.70 bits per heavy atom. The van der Waals surface area contributed by atoms with Gasteiger partial charge in [-0.25, -0.2) is 25.6 Å². The molecule has 1 heterocycles. The maximum absolute atomic E-state index is 14.8. The lowest BCUT2D eigenvalue weighted by molar-refractivity contribution is -0.125. The molecule has 0 spiro atoms. The molecule has 37 heavy (non-hydrogen) atoms. The van der Waals surface area contributed by atoms with Crippen molar-refractivity contribution in [3.05, 3.63) is 53.1 Å². The summed E-state index contributed by atoms with van der Waals surface area (Å²) < 4.78 is 88.9. The summed E-state index contributed by atoms with van der Waals surface area (Å²) in [6.07, 6.45) is 0. The highest BCUT2D eigenvalue weighted by molar-refractivity contribution is 7.89. The first-order valence-electron chi connectivity index (χ1n) is 11.0. The first-order chi connectivity index (χ1) is 17.3. The minimum atomic E-state index is -4.61. The van der Waals surface area contributed by atoms with Crippen LogP contribution in [0.2, 0.25) is 5.02 Å². The average Bonchev–Trinajstić information content (AvgIpc) is 2.85. The summed E-state index contributed by atoms with van der Waals surface area (Å²) in [5, 5.41) is 2.70. The van der Waals surface area contributed by atoms with E-state index in [4.69, 9.17) is 16.3 Å². The van der Waals surface area contributed by atoms with Crippen LogP contribution in [0.25, 0.3) is 0 Å². The van der Waals surface area contributed by atoms with Crippen molar-refractivity contribution < 1.29 is 35.1 Å². The molecule has 0 bridgehead atoms. The van der Waals surface area contributed by atoms with Gasteiger partial charge in [0, 0.05) is 38.2 Å². The number of halogens is 3. The number of ether oxygens (including phenoxy) is 1. The summed E-state index contributed by atoms with van der Waals surface area (Å²) in [6.45, 7) is -0.842. The summed E-state index contributed by atoms with van der Waals surface area (Å²) in [5.74, 6) is -4.30. The van der Waals surface area contributed by atoms with Gasteiger partial charge >= 0.3 is 0 Å². The second kappa shape index (κ2) is 11.6. The van der Waals surface area contributed by atoms with Crippen LogP contribution in [-0.2, 0) is 24.8 Å². The second-order valence-electron chi connectivity index (χ2n) is 8.50. The quantitative estimate of drug-likeness (QED) is 0.480. The molecule has 2 aromatic rings. The minimum absolute atomic E-state index is 0.0732. The summed E-state index contributed by atoms with van der Waals surface area (Å²) in [4.78, 5) is 13.5. The van der Waals surface area contributed by atoms with Crippen molar-refractivity contribution >= 4 is 37.6 Å². The zero-order valence-corrected chi connectivity index (χ0v) is 22.7. The normalized spacial score (nSPS) is 17.6. The van der Waals surface area contributed by atoms with Crippen LogP contribution in [0.1, 0.15) is 0 Å². The number of likely N-dealkylation sites (N-methyl/N-ethyl adjacent to an activating group) is 1. The molecule has 1 fully saturated rings. The molecule has 3 rings (SSSR count). The van der Waals surface area contributed by atoms with E-state index in [1.807, 2.05) is 0 Å². The van der Waals surface area contributed by atoms with Crippen LogP contribution in [-0.4, -0.2) is 95.4 Å². The lowest BCUT2D eigenvalue weighted by Gasteiger charge is -2.38. The summed E-state index contributed by atoms with van der Waals surface area (Å²) in [5.41, 5.74) is 0. The lowest BCUT2D eigenvalue weighted by atomic mass is 10.2. The van der Waals surface area contributed by atoms with E-state index < -0.39 is 67.4 Å². The molecule has 1 aliphatic heterocycles. The standard InChI is InChI=1S/C22H27ClF2N4O6S2/c1-26-22(30)20-14-28(36(31,32)11-10-27(2)3)8-9-29(20)37(33,34)17-12-18(24)21(19(25)13-17)35-16-6-4-15(23)5-7-16/h4-7,12-13,20H,8-11,14H2,1-3H3,(H,26,30)/t20-/m1/s1. The van der Waals surface area contributed by atoms with E-state index in [0.717, 1.165) is 8.61 Å². The van der Waals surface area contributed by atoms with Gasteiger partial charge in [-0.1, -0.05) is 11.6 Å². The fraction of sp³-hybridized carbons (Fsp3) is 0.409. The van der Waals surface area contributed by atoms with Crippen LogP contribution in [0.4, 0.5) is 8.78 Å². The van der Waals surface area contributed by atoms with Crippen molar-refractivity contribution in [3.63, 3.8) is 0 Å². The molecule has 0 aromatic heterocycles. The highest BCUT2D eigenvalue weighted by Crippen LogP contribution is 2.32. The van der Waals surface area contributed by atoms with E-state index >= 15 is 0 Å². The Morgan fingerprint density at radius 1 is 1.11 bits per heavy atom. The number of piperazine rings is 1. The van der Waals surface area contributed by atoms with Gasteiger partial charge in [0.25, 0.3) is 0 Å². The third-order valence-electron chi connectivity index (χ3n) is 5.64. The monoisotopic (exact) mass is 580 g/mol. The highest BCUT2D eigenvalue weighted by atomic mass is 35.5. The number of benzene rings is 2. The molecule has 0 radical (unpaired) electrons. The lowest BCUT2D eigenvalue weighted by Crippen LogP contribution is -2.61. The number of hydrogen-bond donors (Lipinski definition) is 1. The molecule has 1 atom stereocenters. The fourth-order valence-corrected chi connectivity index (χ4v) is 6.93. The van der Waals surface area contributed by atoms with Gasteiger partial charge in [-0.3, -0.25) is 4.79 Å². The number of amides is 1. The Labute approximate surface area is 219 Å². The van der Waals surface area contributed by atoms with E-state index in [0.29, 0.717) is 17.2 Å². The Hall–Kier alpha value is -2.36. The van der Waals surface area contributed by atoms with E-state index in [9.17, 15) is 30.4 Å². The van der Waals surface area contributed by atoms with Crippen molar-refractivity contribution in [3.8, 4) is 11.5 Å². The first kappa shape index (κ1) is 29.2. The highest BCUT2D eigenvalue weighted by Gasteiger charge is 2.43. The van der Waals surface area contributed by atoms with E-state index in [-0.39, 0.29) is 24.6 Å². The van der Waals surface area contributed by atoms with Crippen LogP contribution in [0.5, 0.6) is 11.5 Å². The van der Waals surface area contributed by atoms with Crippen molar-refractivity contribution in [1.29, 1.82) is 0 Å². The summed E-state index contributed by atoms with van der Waals surface area (Å²) >= 11 is 5.79. The molecule has 204 valence electrons. The van der Waals surface area contributed by atoms with E-state index in [2.05, 4.69) is 5.32 Å². The van der Waals surface area contributed by atoms with Crippen LogP contribution < -0.4 is 10.1 Å². The van der Waals surface area contributed by atoms with Gasteiger partial charge in [-0.05, 0) is 50.5 Å². The molecule has 10 nitrogen and oxygen atoms in total. The number of sulfonamides is 2. The van der Waals surface area contributed by atoms with Gasteiger partial charge in [-0.15, -0.1) is 0 Å². The molecule has 2 aromatic carbocycles. The molecule has 1 saturated heterocycles. The number of rotatable bonds is 9. The number of carbonyl (C=O) groups excluding carboxylic acids is 1. The smallest absolute Gasteiger partial charge is 0.244 e. The molecular formula is C22H27ClF2N4O6S2. The van der Waals surface area contributed by atoms with Crippen LogP contribution in [0.3, 0.4) is 0 Å². The Kier molecular flexibility index (Phi) is 9.14. The SMILES string of the molecule is CNC(=O)[C@H]1CN(S(=O)(=O)CCN(C)C)CCN1S(=O)(=O)c1cc(F)c(Oc2ccc(Cl)cc2)c(F)c1. The van der Waals surface area contributed by atoms with Crippen LogP contribution >= 0.6 is 11.6 Å². The predicted molar refractivity (Wildman–Crippen MR) is 134 cm³/mol. The molecule has 1 N–H and O–H groups in total. The molecule has 0 saturated carbocycles. The molecular weight excluding hydrogens is 554 g/mol. The number of nitrogens with one attached hydrogen (secondary N) is 1. The van der Waals surface area contributed by atoms with Crippen molar-refractivity contribution in [2.45, 2.75) is 10.9 Å². The fourth-order valence-electron chi connectivity index (χ4n) is 3.63. The molecule has 15 heteroatoms. The van der Waals surface area contributed by atoms with Crippen molar-refractivity contribution in [2.24, 2.45) is 0 Å². The van der Waals surface area contributed by atoms with Crippen LogP contribution in [0.15, 0.2) is 41.3 Å². The molecule has 1 aliphatic rings. The van der Waals surface area contributed by atoms with Gasteiger partial charge in [0.1, 0.15) is 11.8 Å². The molecule has 0 aliphatic carbocycles. The number of carbonyl (C=O) groups is 1.